The topological polar surface area (TPSA) is 46.6 Å². The zero-order valence-electron chi connectivity index (χ0n) is 13.8. The summed E-state index contributed by atoms with van der Waals surface area (Å²) < 4.78 is 5.66. The highest BCUT2D eigenvalue weighted by molar-refractivity contribution is 6.21. The predicted molar refractivity (Wildman–Crippen MR) is 91.7 cm³/mol. The van der Waals surface area contributed by atoms with Crippen molar-refractivity contribution in [2.45, 2.75) is 32.4 Å². The van der Waals surface area contributed by atoms with Crippen molar-refractivity contribution in [3.8, 4) is 0 Å². The van der Waals surface area contributed by atoms with Gasteiger partial charge in [-0.2, -0.15) is 0 Å². The van der Waals surface area contributed by atoms with E-state index in [-0.39, 0.29) is 17.9 Å². The second-order valence-corrected chi connectivity index (χ2v) is 6.06. The first-order chi connectivity index (χ1) is 11.7. The van der Waals surface area contributed by atoms with E-state index in [2.05, 4.69) is 0 Å². The molecular weight excluding hydrogens is 302 g/mol. The molecule has 0 bridgehead atoms. The van der Waals surface area contributed by atoms with Crippen molar-refractivity contribution in [3.05, 3.63) is 71.3 Å². The molecule has 1 atom stereocenters. The lowest BCUT2D eigenvalue weighted by Gasteiger charge is -2.22. The van der Waals surface area contributed by atoms with Crippen LogP contribution in [0.25, 0.3) is 0 Å². The van der Waals surface area contributed by atoms with Crippen LogP contribution in [0.1, 0.15) is 46.0 Å². The first-order valence-electron chi connectivity index (χ1n) is 8.27. The third-order valence-electron chi connectivity index (χ3n) is 4.29. The van der Waals surface area contributed by atoms with Crippen LogP contribution in [0.15, 0.2) is 54.6 Å². The van der Waals surface area contributed by atoms with Gasteiger partial charge >= 0.3 is 0 Å². The van der Waals surface area contributed by atoms with E-state index >= 15 is 0 Å². The number of imide groups is 1. The van der Waals surface area contributed by atoms with Crippen LogP contribution >= 0.6 is 0 Å². The van der Waals surface area contributed by atoms with E-state index < -0.39 is 0 Å². The quantitative estimate of drug-likeness (QED) is 0.577. The summed E-state index contributed by atoms with van der Waals surface area (Å²) in [7, 11) is 0. The average molecular weight is 323 g/mol. The van der Waals surface area contributed by atoms with E-state index in [1.807, 2.05) is 37.3 Å². The van der Waals surface area contributed by atoms with Crippen LogP contribution in [0.3, 0.4) is 0 Å². The van der Waals surface area contributed by atoms with Gasteiger partial charge in [0.25, 0.3) is 11.8 Å². The molecule has 0 saturated carbocycles. The van der Waals surface area contributed by atoms with Crippen molar-refractivity contribution >= 4 is 11.8 Å². The molecule has 3 rings (SSSR count). The zero-order valence-corrected chi connectivity index (χ0v) is 13.8. The van der Waals surface area contributed by atoms with Gasteiger partial charge in [0, 0.05) is 12.6 Å². The largest absolute Gasteiger partial charge is 0.377 e. The molecule has 1 aliphatic rings. The third kappa shape index (κ3) is 3.39. The Morgan fingerprint density at radius 3 is 2.12 bits per heavy atom. The monoisotopic (exact) mass is 323 g/mol. The SMILES string of the molecule is CC(CCCOCc1ccccc1)N1C(=O)c2ccccc2C1=O. The molecule has 0 radical (unpaired) electrons. The second kappa shape index (κ2) is 7.41. The Kier molecular flexibility index (Phi) is 5.06. The highest BCUT2D eigenvalue weighted by Gasteiger charge is 2.37. The first-order valence-corrected chi connectivity index (χ1v) is 8.27. The number of amides is 2. The van der Waals surface area contributed by atoms with E-state index in [0.29, 0.717) is 24.3 Å². The molecule has 2 aromatic rings. The second-order valence-electron chi connectivity index (χ2n) is 6.06. The minimum absolute atomic E-state index is 0.127. The molecule has 4 heteroatoms. The predicted octanol–water partition coefficient (Wildman–Crippen LogP) is 3.67. The van der Waals surface area contributed by atoms with Gasteiger partial charge in [0.1, 0.15) is 0 Å². The van der Waals surface area contributed by atoms with Crippen molar-refractivity contribution in [2.24, 2.45) is 0 Å². The van der Waals surface area contributed by atoms with Crippen LogP contribution in [-0.4, -0.2) is 29.4 Å². The highest BCUT2D eigenvalue weighted by atomic mass is 16.5. The molecule has 1 unspecified atom stereocenters. The number of benzene rings is 2. The molecule has 0 N–H and O–H groups in total. The molecule has 124 valence electrons. The maximum Gasteiger partial charge on any atom is 0.261 e. The number of rotatable bonds is 7. The minimum atomic E-state index is -0.187. The van der Waals surface area contributed by atoms with Crippen LogP contribution in [0.2, 0.25) is 0 Å². The van der Waals surface area contributed by atoms with Crippen LogP contribution in [-0.2, 0) is 11.3 Å². The maximum atomic E-state index is 12.4. The van der Waals surface area contributed by atoms with Gasteiger partial charge in [-0.1, -0.05) is 42.5 Å². The lowest BCUT2D eigenvalue weighted by Crippen LogP contribution is -2.38. The van der Waals surface area contributed by atoms with Gasteiger partial charge < -0.3 is 4.74 Å². The number of nitrogens with zero attached hydrogens (tertiary/aromatic N) is 1. The van der Waals surface area contributed by atoms with E-state index in [1.165, 1.54) is 4.90 Å². The fraction of sp³-hybridized carbons (Fsp3) is 0.300. The Morgan fingerprint density at radius 2 is 1.50 bits per heavy atom. The maximum absolute atomic E-state index is 12.4. The van der Waals surface area contributed by atoms with Gasteiger partial charge in [0.2, 0.25) is 0 Å². The molecule has 4 nitrogen and oxygen atoms in total. The van der Waals surface area contributed by atoms with Crippen molar-refractivity contribution in [3.63, 3.8) is 0 Å². The summed E-state index contributed by atoms with van der Waals surface area (Å²) in [5, 5.41) is 0. The summed E-state index contributed by atoms with van der Waals surface area (Å²) in [5.41, 5.74) is 2.16. The van der Waals surface area contributed by atoms with Gasteiger partial charge in [-0.3, -0.25) is 14.5 Å². The van der Waals surface area contributed by atoms with Gasteiger partial charge in [-0.15, -0.1) is 0 Å². The van der Waals surface area contributed by atoms with E-state index in [4.69, 9.17) is 4.74 Å². The molecule has 0 saturated heterocycles. The van der Waals surface area contributed by atoms with Crippen LogP contribution in [0.5, 0.6) is 0 Å². The van der Waals surface area contributed by atoms with Crippen molar-refractivity contribution in [2.75, 3.05) is 6.61 Å². The van der Waals surface area contributed by atoms with Crippen molar-refractivity contribution in [1.29, 1.82) is 0 Å². The molecule has 24 heavy (non-hydrogen) atoms. The minimum Gasteiger partial charge on any atom is -0.377 e. The fourth-order valence-electron chi connectivity index (χ4n) is 2.98. The molecule has 0 aromatic heterocycles. The summed E-state index contributed by atoms with van der Waals surface area (Å²) in [6.07, 6.45) is 1.54. The van der Waals surface area contributed by atoms with Gasteiger partial charge in [-0.25, -0.2) is 0 Å². The Bertz CT molecular complexity index is 692. The highest BCUT2D eigenvalue weighted by Crippen LogP contribution is 2.25. The first kappa shape index (κ1) is 16.4. The lowest BCUT2D eigenvalue weighted by atomic mass is 10.1. The number of hydrogen-bond donors (Lipinski definition) is 0. The zero-order chi connectivity index (χ0) is 16.9. The van der Waals surface area contributed by atoms with Gasteiger partial charge in [-0.05, 0) is 37.5 Å². The van der Waals surface area contributed by atoms with Crippen molar-refractivity contribution < 1.29 is 14.3 Å². The Morgan fingerprint density at radius 1 is 0.917 bits per heavy atom. The van der Waals surface area contributed by atoms with E-state index in [0.717, 1.165) is 18.4 Å². The van der Waals surface area contributed by atoms with Crippen LogP contribution in [0, 0.1) is 0 Å². The fourth-order valence-corrected chi connectivity index (χ4v) is 2.98. The Balaban J connectivity index is 1.47. The molecule has 1 heterocycles. The molecular formula is C20H21NO3. The molecule has 0 aliphatic carbocycles. The number of carbonyl (C=O) groups excluding carboxylic acids is 2. The average Bonchev–Trinajstić information content (AvgIpc) is 2.87. The number of carbonyl (C=O) groups is 2. The summed E-state index contributed by atoms with van der Waals surface area (Å²) in [6.45, 7) is 3.11. The smallest absolute Gasteiger partial charge is 0.261 e. The van der Waals surface area contributed by atoms with Gasteiger partial charge in [0.15, 0.2) is 0 Å². The normalized spacial score (nSPS) is 14.8. The molecule has 2 amide bonds. The summed E-state index contributed by atoms with van der Waals surface area (Å²) in [6, 6.07) is 16.9. The Labute approximate surface area is 142 Å². The number of ether oxygens (including phenoxy) is 1. The van der Waals surface area contributed by atoms with Gasteiger partial charge in [0.05, 0.1) is 17.7 Å². The number of fused-ring (bicyclic) bond motifs is 1. The molecule has 2 aromatic carbocycles. The standard InChI is InChI=1S/C20H21NO3/c1-15(8-7-13-24-14-16-9-3-2-4-10-16)21-19(22)17-11-5-6-12-18(17)20(21)23/h2-6,9-12,15H,7-8,13-14H2,1H3. The van der Waals surface area contributed by atoms with Crippen LogP contribution in [0.4, 0.5) is 0 Å². The summed E-state index contributed by atoms with van der Waals surface area (Å²) in [5.74, 6) is -0.374. The molecule has 0 spiro atoms. The molecule has 0 fully saturated rings. The van der Waals surface area contributed by atoms with Crippen LogP contribution < -0.4 is 0 Å². The number of hydrogen-bond acceptors (Lipinski definition) is 3. The third-order valence-corrected chi connectivity index (χ3v) is 4.29. The lowest BCUT2D eigenvalue weighted by molar-refractivity contribution is 0.0571. The van der Waals surface area contributed by atoms with E-state index in [1.54, 1.807) is 24.3 Å². The van der Waals surface area contributed by atoms with E-state index in [9.17, 15) is 9.59 Å². The summed E-state index contributed by atoms with van der Waals surface area (Å²) in [4.78, 5) is 26.2. The Hall–Kier alpha value is -2.46. The summed E-state index contributed by atoms with van der Waals surface area (Å²) >= 11 is 0. The van der Waals surface area contributed by atoms with Crippen molar-refractivity contribution in [1.82, 2.24) is 4.90 Å². The molecule has 1 aliphatic heterocycles.